The molecule has 0 bridgehead atoms. The van der Waals surface area contributed by atoms with Crippen LogP contribution in [0.1, 0.15) is 31.2 Å². The van der Waals surface area contributed by atoms with E-state index in [0.717, 1.165) is 17.7 Å². The maximum atomic E-state index is 13.0. The Morgan fingerprint density at radius 1 is 1.27 bits per heavy atom. The zero-order valence-corrected chi connectivity index (χ0v) is 14.8. The van der Waals surface area contributed by atoms with Crippen LogP contribution in [-0.2, 0) is 11.2 Å². The first-order valence-electron chi connectivity index (χ1n) is 9.63. The van der Waals surface area contributed by atoms with Gasteiger partial charge >= 0.3 is 0 Å². The molecule has 4 aliphatic rings. The summed E-state index contributed by atoms with van der Waals surface area (Å²) in [5, 5.41) is 6.81. The predicted octanol–water partition coefficient (Wildman–Crippen LogP) is 2.46. The Morgan fingerprint density at radius 2 is 2.08 bits per heavy atom. The van der Waals surface area contributed by atoms with Crippen molar-refractivity contribution in [3.05, 3.63) is 65.9 Å². The van der Waals surface area contributed by atoms with Crippen LogP contribution >= 0.6 is 0 Å². The first-order chi connectivity index (χ1) is 12.8. The SMILES string of the molecule is O=C(NC(C1CC1)C1CC1)C1=C2C=CC=CN2C(Cc2cccnc2)N1. The summed E-state index contributed by atoms with van der Waals surface area (Å²) in [6.07, 6.45) is 17.6. The summed E-state index contributed by atoms with van der Waals surface area (Å²) in [6.45, 7) is 0. The number of hydrogen-bond donors (Lipinski definition) is 2. The largest absolute Gasteiger partial charge is 0.358 e. The van der Waals surface area contributed by atoms with Gasteiger partial charge in [0.1, 0.15) is 11.9 Å². The monoisotopic (exact) mass is 348 g/mol. The van der Waals surface area contributed by atoms with Crippen molar-refractivity contribution in [1.82, 2.24) is 20.5 Å². The number of aromatic nitrogens is 1. The molecule has 1 aromatic rings. The second-order valence-electron chi connectivity index (χ2n) is 7.77. The van der Waals surface area contributed by atoms with E-state index in [0.29, 0.717) is 23.6 Å². The smallest absolute Gasteiger partial charge is 0.269 e. The van der Waals surface area contributed by atoms with Gasteiger partial charge in [-0.25, -0.2) is 0 Å². The lowest BCUT2D eigenvalue weighted by atomic mass is 10.1. The molecule has 1 amide bonds. The molecule has 2 fully saturated rings. The quantitative estimate of drug-likeness (QED) is 0.829. The number of carbonyl (C=O) groups excluding carboxylic acids is 1. The first kappa shape index (κ1) is 15.7. The molecule has 5 nitrogen and oxygen atoms in total. The number of amides is 1. The molecule has 1 atom stereocenters. The number of allylic oxidation sites excluding steroid dienone is 3. The molecule has 1 aromatic heterocycles. The van der Waals surface area contributed by atoms with Gasteiger partial charge in [-0.05, 0) is 61.3 Å². The molecule has 2 aliphatic carbocycles. The normalized spacial score (nSPS) is 24.0. The van der Waals surface area contributed by atoms with Gasteiger partial charge in [-0.1, -0.05) is 12.1 Å². The van der Waals surface area contributed by atoms with Gasteiger partial charge in [0.2, 0.25) is 0 Å². The van der Waals surface area contributed by atoms with Crippen molar-refractivity contribution in [1.29, 1.82) is 0 Å². The van der Waals surface area contributed by atoms with E-state index in [4.69, 9.17) is 0 Å². The summed E-state index contributed by atoms with van der Waals surface area (Å²) in [4.78, 5) is 19.4. The van der Waals surface area contributed by atoms with Gasteiger partial charge in [-0.2, -0.15) is 0 Å². The Labute approximate surface area is 153 Å². The molecule has 2 saturated carbocycles. The number of pyridine rings is 1. The number of rotatable bonds is 6. The second kappa shape index (κ2) is 6.31. The lowest BCUT2D eigenvalue weighted by Gasteiger charge is -2.25. The van der Waals surface area contributed by atoms with Crippen molar-refractivity contribution >= 4 is 5.91 Å². The average molecular weight is 348 g/mol. The lowest BCUT2D eigenvalue weighted by Crippen LogP contribution is -2.43. The van der Waals surface area contributed by atoms with Crippen LogP contribution in [0.4, 0.5) is 0 Å². The van der Waals surface area contributed by atoms with Crippen LogP contribution in [0.3, 0.4) is 0 Å². The molecule has 1 unspecified atom stereocenters. The summed E-state index contributed by atoms with van der Waals surface area (Å²) in [6, 6.07) is 4.39. The van der Waals surface area contributed by atoms with Crippen molar-refractivity contribution < 1.29 is 4.79 Å². The van der Waals surface area contributed by atoms with Crippen molar-refractivity contribution in [3.63, 3.8) is 0 Å². The van der Waals surface area contributed by atoms with Crippen LogP contribution < -0.4 is 10.6 Å². The fourth-order valence-electron chi connectivity index (χ4n) is 4.08. The van der Waals surface area contributed by atoms with E-state index in [2.05, 4.69) is 26.6 Å². The third-order valence-corrected chi connectivity index (χ3v) is 5.73. The summed E-state index contributed by atoms with van der Waals surface area (Å²) in [7, 11) is 0. The van der Waals surface area contributed by atoms with Crippen LogP contribution in [0.25, 0.3) is 0 Å². The van der Waals surface area contributed by atoms with E-state index in [1.54, 1.807) is 6.20 Å². The van der Waals surface area contributed by atoms with Crippen LogP contribution in [0, 0.1) is 11.8 Å². The predicted molar refractivity (Wildman–Crippen MR) is 99.4 cm³/mol. The summed E-state index contributed by atoms with van der Waals surface area (Å²) in [5.74, 6) is 1.44. The van der Waals surface area contributed by atoms with Gasteiger partial charge in [-0.15, -0.1) is 0 Å². The zero-order valence-electron chi connectivity index (χ0n) is 14.8. The van der Waals surface area contributed by atoms with Gasteiger partial charge in [0, 0.05) is 31.1 Å². The number of hydrogen-bond acceptors (Lipinski definition) is 4. The lowest BCUT2D eigenvalue weighted by molar-refractivity contribution is -0.118. The van der Waals surface area contributed by atoms with E-state index in [1.165, 1.54) is 25.7 Å². The number of fused-ring (bicyclic) bond motifs is 1. The van der Waals surface area contributed by atoms with Gasteiger partial charge in [0.05, 0.1) is 5.70 Å². The van der Waals surface area contributed by atoms with Gasteiger partial charge in [0.25, 0.3) is 5.91 Å². The third kappa shape index (κ3) is 3.02. The van der Waals surface area contributed by atoms with Crippen LogP contribution in [0.15, 0.2) is 60.3 Å². The van der Waals surface area contributed by atoms with Gasteiger partial charge in [0.15, 0.2) is 0 Å². The Bertz CT molecular complexity index is 777. The topological polar surface area (TPSA) is 57.3 Å². The minimum Gasteiger partial charge on any atom is -0.358 e. The minimum atomic E-state index is 0.0384. The standard InChI is InChI=1S/C21H24N4O/c26-21(24-19(15-6-7-15)16-8-9-16)20-17-5-1-2-11-25(17)18(23-20)12-14-4-3-10-22-13-14/h1-5,10-11,13,15-16,18-19,23H,6-9,12H2,(H,24,26). The third-order valence-electron chi connectivity index (χ3n) is 5.73. The molecular weight excluding hydrogens is 324 g/mol. The Kier molecular flexibility index (Phi) is 3.80. The van der Waals surface area contributed by atoms with E-state index in [1.807, 2.05) is 36.7 Å². The van der Waals surface area contributed by atoms with Crippen LogP contribution in [0.2, 0.25) is 0 Å². The summed E-state index contributed by atoms with van der Waals surface area (Å²) in [5.41, 5.74) is 2.82. The minimum absolute atomic E-state index is 0.0384. The van der Waals surface area contributed by atoms with Gasteiger partial charge in [-0.3, -0.25) is 9.78 Å². The maximum Gasteiger partial charge on any atom is 0.269 e. The van der Waals surface area contributed by atoms with Crippen molar-refractivity contribution in [3.8, 4) is 0 Å². The molecule has 0 radical (unpaired) electrons. The molecule has 2 aliphatic heterocycles. The summed E-state index contributed by atoms with van der Waals surface area (Å²) < 4.78 is 0. The van der Waals surface area contributed by atoms with Crippen LogP contribution in [0.5, 0.6) is 0 Å². The Morgan fingerprint density at radius 3 is 2.77 bits per heavy atom. The molecule has 3 heterocycles. The highest BCUT2D eigenvalue weighted by Crippen LogP contribution is 2.44. The maximum absolute atomic E-state index is 13.0. The van der Waals surface area contributed by atoms with E-state index < -0.39 is 0 Å². The number of carbonyl (C=O) groups is 1. The average Bonchev–Trinajstić information content (AvgIpc) is 3.59. The number of nitrogens with one attached hydrogen (secondary N) is 2. The zero-order chi connectivity index (χ0) is 17.5. The molecule has 0 saturated heterocycles. The highest BCUT2D eigenvalue weighted by atomic mass is 16.2. The Balaban J connectivity index is 1.34. The molecule has 0 aromatic carbocycles. The van der Waals surface area contributed by atoms with Gasteiger partial charge < -0.3 is 15.5 Å². The number of nitrogens with zero attached hydrogens (tertiary/aromatic N) is 2. The fraction of sp³-hybridized carbons (Fsp3) is 0.429. The van der Waals surface area contributed by atoms with Crippen molar-refractivity contribution in [2.75, 3.05) is 0 Å². The van der Waals surface area contributed by atoms with E-state index in [9.17, 15) is 4.79 Å². The van der Waals surface area contributed by atoms with Crippen molar-refractivity contribution in [2.45, 2.75) is 44.3 Å². The molecule has 2 N–H and O–H groups in total. The molecule has 0 spiro atoms. The molecule has 134 valence electrons. The first-order valence-corrected chi connectivity index (χ1v) is 9.63. The highest BCUT2D eigenvalue weighted by molar-refractivity contribution is 5.95. The fourth-order valence-corrected chi connectivity index (χ4v) is 4.08. The highest BCUT2D eigenvalue weighted by Gasteiger charge is 2.43. The van der Waals surface area contributed by atoms with E-state index in [-0.39, 0.29) is 12.1 Å². The molecular formula is C21H24N4O. The summed E-state index contributed by atoms with van der Waals surface area (Å²) >= 11 is 0. The molecule has 5 heteroatoms. The van der Waals surface area contributed by atoms with Crippen molar-refractivity contribution in [2.24, 2.45) is 11.8 Å². The molecule has 26 heavy (non-hydrogen) atoms. The van der Waals surface area contributed by atoms with Crippen LogP contribution in [-0.4, -0.2) is 28.0 Å². The Hall–Kier alpha value is -2.56. The second-order valence-corrected chi connectivity index (χ2v) is 7.77. The molecule has 5 rings (SSSR count). The van der Waals surface area contributed by atoms with E-state index >= 15 is 0 Å².